The van der Waals surface area contributed by atoms with Crippen molar-refractivity contribution in [2.24, 2.45) is 0 Å². The van der Waals surface area contributed by atoms with Crippen LogP contribution < -0.4 is 14.9 Å². The first-order valence-electron chi connectivity index (χ1n) is 7.64. The van der Waals surface area contributed by atoms with Gasteiger partial charge in [-0.3, -0.25) is 14.4 Å². The first-order valence-corrected chi connectivity index (χ1v) is 9.25. The lowest BCUT2D eigenvalue weighted by Gasteiger charge is -2.39. The summed E-state index contributed by atoms with van der Waals surface area (Å²) in [6.45, 7) is 2.10. The summed E-state index contributed by atoms with van der Waals surface area (Å²) in [6.07, 6.45) is 1.59. The Bertz CT molecular complexity index is 762. The lowest BCUT2D eigenvalue weighted by molar-refractivity contribution is -0.124. The monoisotopic (exact) mass is 337 g/mol. The zero-order valence-corrected chi connectivity index (χ0v) is 13.6. The van der Waals surface area contributed by atoms with Gasteiger partial charge in [-0.1, -0.05) is 31.5 Å². The number of rotatable bonds is 4. The zero-order chi connectivity index (χ0) is 16.7. The molecule has 8 heteroatoms. The van der Waals surface area contributed by atoms with Crippen molar-refractivity contribution in [3.63, 3.8) is 0 Å². The molecule has 1 atom stereocenters. The Morgan fingerprint density at radius 1 is 1.26 bits per heavy atom. The number of urea groups is 1. The van der Waals surface area contributed by atoms with Crippen molar-refractivity contribution >= 4 is 27.6 Å². The fraction of sp³-hybridized carbons (Fsp3) is 0.467. The number of benzene rings is 1. The summed E-state index contributed by atoms with van der Waals surface area (Å²) in [5.74, 6) is -0.357. The third kappa shape index (κ3) is 2.46. The number of hydrogen-bond acceptors (Lipinski definition) is 4. The second-order valence-corrected chi connectivity index (χ2v) is 7.84. The number of unbranched alkanes of at least 4 members (excludes halogenated alkanes) is 1. The Balaban J connectivity index is 2.06. The standard InChI is InChI=1S/C15H19N3O4S/c1-2-3-10-23(21,22)18-9-8-15(13(19)16-14(20)17-15)11-6-4-5-7-12(11)18/h4-7H,2-3,8-10H2,1H3,(H2,16,17,19,20). The number of anilines is 1. The van der Waals surface area contributed by atoms with Crippen LogP contribution in [0.5, 0.6) is 0 Å². The number of fused-ring (bicyclic) bond motifs is 2. The molecule has 1 fully saturated rings. The van der Waals surface area contributed by atoms with Crippen molar-refractivity contribution in [2.45, 2.75) is 31.7 Å². The molecule has 7 nitrogen and oxygen atoms in total. The molecule has 0 saturated carbocycles. The predicted octanol–water partition coefficient (Wildman–Crippen LogP) is 1.06. The normalized spacial score (nSPS) is 23.6. The quantitative estimate of drug-likeness (QED) is 0.803. The predicted molar refractivity (Wildman–Crippen MR) is 85.5 cm³/mol. The zero-order valence-electron chi connectivity index (χ0n) is 12.8. The van der Waals surface area contributed by atoms with E-state index in [2.05, 4.69) is 10.6 Å². The third-order valence-electron chi connectivity index (χ3n) is 4.36. The number of para-hydroxylation sites is 1. The van der Waals surface area contributed by atoms with E-state index in [1.165, 1.54) is 4.31 Å². The van der Waals surface area contributed by atoms with Gasteiger partial charge in [0.05, 0.1) is 11.4 Å². The lowest BCUT2D eigenvalue weighted by atomic mass is 9.83. The highest BCUT2D eigenvalue weighted by Crippen LogP contribution is 2.41. The Hall–Kier alpha value is -2.09. The highest BCUT2D eigenvalue weighted by Gasteiger charge is 2.52. The summed E-state index contributed by atoms with van der Waals surface area (Å²) >= 11 is 0. The van der Waals surface area contributed by atoms with Gasteiger partial charge in [0.2, 0.25) is 10.0 Å². The molecule has 2 heterocycles. The third-order valence-corrected chi connectivity index (χ3v) is 6.21. The van der Waals surface area contributed by atoms with Gasteiger partial charge in [0.1, 0.15) is 5.54 Å². The minimum Gasteiger partial charge on any atom is -0.319 e. The Kier molecular flexibility index (Phi) is 3.79. The number of hydrogen-bond donors (Lipinski definition) is 2. The van der Waals surface area contributed by atoms with Gasteiger partial charge in [-0.2, -0.15) is 0 Å². The van der Waals surface area contributed by atoms with E-state index in [0.717, 1.165) is 6.42 Å². The maximum atomic E-state index is 12.6. The minimum absolute atomic E-state index is 0.0728. The van der Waals surface area contributed by atoms with Crippen molar-refractivity contribution in [2.75, 3.05) is 16.6 Å². The van der Waals surface area contributed by atoms with E-state index >= 15 is 0 Å². The van der Waals surface area contributed by atoms with E-state index in [-0.39, 0.29) is 18.7 Å². The molecule has 3 rings (SSSR count). The van der Waals surface area contributed by atoms with E-state index in [1.54, 1.807) is 24.3 Å². The van der Waals surface area contributed by atoms with Crippen molar-refractivity contribution in [1.82, 2.24) is 10.6 Å². The molecule has 1 unspecified atom stereocenters. The number of amides is 3. The molecule has 0 radical (unpaired) electrons. The van der Waals surface area contributed by atoms with E-state index in [1.807, 2.05) is 6.92 Å². The first kappa shape index (κ1) is 15.8. The molecular weight excluding hydrogens is 318 g/mol. The fourth-order valence-corrected chi connectivity index (χ4v) is 4.86. The molecular formula is C15H19N3O4S. The van der Waals surface area contributed by atoms with Crippen LogP contribution in [0.1, 0.15) is 31.7 Å². The van der Waals surface area contributed by atoms with E-state index in [4.69, 9.17) is 0 Å². The first-order chi connectivity index (χ1) is 10.9. The molecule has 3 amide bonds. The van der Waals surface area contributed by atoms with Crippen LogP contribution in [0.4, 0.5) is 10.5 Å². The number of sulfonamides is 1. The van der Waals surface area contributed by atoms with E-state index in [0.29, 0.717) is 17.7 Å². The molecule has 2 aliphatic rings. The van der Waals surface area contributed by atoms with Crippen LogP contribution in [0.2, 0.25) is 0 Å². The van der Waals surface area contributed by atoms with Crippen molar-refractivity contribution < 1.29 is 18.0 Å². The van der Waals surface area contributed by atoms with Gasteiger partial charge in [0.15, 0.2) is 0 Å². The number of nitrogens with one attached hydrogen (secondary N) is 2. The van der Waals surface area contributed by atoms with Crippen LogP contribution in [0.15, 0.2) is 24.3 Å². The Labute approximate surface area is 135 Å². The van der Waals surface area contributed by atoms with Crippen molar-refractivity contribution in [3.8, 4) is 0 Å². The molecule has 1 spiro atoms. The van der Waals surface area contributed by atoms with Gasteiger partial charge in [-0.15, -0.1) is 0 Å². The van der Waals surface area contributed by atoms with Crippen LogP contribution >= 0.6 is 0 Å². The van der Waals surface area contributed by atoms with Crippen LogP contribution in [-0.4, -0.2) is 32.7 Å². The summed E-state index contributed by atoms with van der Waals surface area (Å²) in [4.78, 5) is 23.9. The van der Waals surface area contributed by atoms with Gasteiger partial charge in [0.25, 0.3) is 5.91 Å². The van der Waals surface area contributed by atoms with Crippen LogP contribution in [-0.2, 0) is 20.4 Å². The van der Waals surface area contributed by atoms with E-state index in [9.17, 15) is 18.0 Å². The van der Waals surface area contributed by atoms with Gasteiger partial charge in [-0.25, -0.2) is 13.2 Å². The largest absolute Gasteiger partial charge is 0.322 e. The highest BCUT2D eigenvalue weighted by molar-refractivity contribution is 7.92. The smallest absolute Gasteiger partial charge is 0.319 e. The fourth-order valence-electron chi connectivity index (χ4n) is 3.16. The molecule has 2 N–H and O–H groups in total. The topological polar surface area (TPSA) is 95.6 Å². The van der Waals surface area contributed by atoms with E-state index < -0.39 is 27.5 Å². The molecule has 124 valence electrons. The molecule has 1 aromatic rings. The second-order valence-electron chi connectivity index (χ2n) is 5.82. The Morgan fingerprint density at radius 2 is 2.00 bits per heavy atom. The maximum absolute atomic E-state index is 12.6. The molecule has 0 bridgehead atoms. The van der Waals surface area contributed by atoms with Gasteiger partial charge >= 0.3 is 6.03 Å². The average Bonchev–Trinajstić information content (AvgIpc) is 2.80. The molecule has 23 heavy (non-hydrogen) atoms. The minimum atomic E-state index is -3.45. The lowest BCUT2D eigenvalue weighted by Crippen LogP contribution is -2.52. The SMILES string of the molecule is CCCCS(=O)(=O)N1CCC2(NC(=O)NC2=O)c2ccccc21. The highest BCUT2D eigenvalue weighted by atomic mass is 32.2. The van der Waals surface area contributed by atoms with Crippen molar-refractivity contribution in [1.29, 1.82) is 0 Å². The average molecular weight is 337 g/mol. The summed E-state index contributed by atoms with van der Waals surface area (Å²) in [6, 6.07) is 6.29. The maximum Gasteiger partial charge on any atom is 0.322 e. The van der Waals surface area contributed by atoms with Crippen LogP contribution in [0, 0.1) is 0 Å². The summed E-state index contributed by atoms with van der Waals surface area (Å²) < 4.78 is 26.6. The van der Waals surface area contributed by atoms with Gasteiger partial charge in [-0.05, 0) is 12.5 Å². The van der Waals surface area contributed by atoms with Gasteiger partial charge in [0, 0.05) is 18.5 Å². The Morgan fingerprint density at radius 3 is 2.65 bits per heavy atom. The van der Waals surface area contributed by atoms with Crippen LogP contribution in [0.25, 0.3) is 0 Å². The summed E-state index contributed by atoms with van der Waals surface area (Å²) in [5, 5.41) is 4.92. The summed E-state index contributed by atoms with van der Waals surface area (Å²) in [7, 11) is -3.45. The van der Waals surface area contributed by atoms with Crippen molar-refractivity contribution in [3.05, 3.63) is 29.8 Å². The number of imide groups is 1. The van der Waals surface area contributed by atoms with Gasteiger partial charge < -0.3 is 5.32 Å². The number of carbonyl (C=O) groups excluding carboxylic acids is 2. The van der Waals surface area contributed by atoms with Crippen LogP contribution in [0.3, 0.4) is 0 Å². The molecule has 2 aliphatic heterocycles. The summed E-state index contributed by atoms with van der Waals surface area (Å²) in [5.41, 5.74) is -0.188. The molecule has 1 saturated heterocycles. The second kappa shape index (κ2) is 5.52. The molecule has 1 aromatic carbocycles. The number of carbonyl (C=O) groups is 2. The molecule has 0 aromatic heterocycles. The molecule has 0 aliphatic carbocycles. The number of nitrogens with zero attached hydrogens (tertiary/aromatic N) is 1.